The number of rotatable bonds is 6. The van der Waals surface area contributed by atoms with E-state index in [0.29, 0.717) is 11.5 Å². The first-order valence-corrected chi connectivity index (χ1v) is 11.7. The summed E-state index contributed by atoms with van der Waals surface area (Å²) in [6, 6.07) is 10.9. The minimum Gasteiger partial charge on any atom is -0.508 e. The molecule has 3 aromatic carbocycles. The summed E-state index contributed by atoms with van der Waals surface area (Å²) in [7, 11) is 4.52. The number of phenols is 2. The fourth-order valence-corrected chi connectivity index (χ4v) is 5.21. The molecular formula is C28H28O8. The number of aryl methyl sites for hydroxylation is 2. The van der Waals surface area contributed by atoms with E-state index in [1.807, 2.05) is 6.07 Å². The van der Waals surface area contributed by atoms with Crippen LogP contribution in [0.5, 0.6) is 34.5 Å². The zero-order chi connectivity index (χ0) is 25.6. The van der Waals surface area contributed by atoms with Crippen molar-refractivity contribution in [2.24, 2.45) is 0 Å². The summed E-state index contributed by atoms with van der Waals surface area (Å²) >= 11 is 0. The average molecular weight is 493 g/mol. The van der Waals surface area contributed by atoms with Gasteiger partial charge in [0.1, 0.15) is 30.0 Å². The molecule has 1 aliphatic heterocycles. The first-order valence-electron chi connectivity index (χ1n) is 11.7. The van der Waals surface area contributed by atoms with Crippen LogP contribution in [0.3, 0.4) is 0 Å². The lowest BCUT2D eigenvalue weighted by molar-refractivity contribution is -0.141. The van der Waals surface area contributed by atoms with E-state index in [9.17, 15) is 15.0 Å². The molecule has 2 aliphatic rings. The van der Waals surface area contributed by atoms with Crippen LogP contribution in [0.1, 0.15) is 41.2 Å². The molecule has 0 bridgehead atoms. The van der Waals surface area contributed by atoms with E-state index in [4.69, 9.17) is 23.7 Å². The fourth-order valence-electron chi connectivity index (χ4n) is 5.21. The maximum atomic E-state index is 11.7. The number of carbonyl (C=O) groups is 1. The van der Waals surface area contributed by atoms with Gasteiger partial charge in [-0.15, -0.1) is 0 Å². The lowest BCUT2D eigenvalue weighted by atomic mass is 9.81. The van der Waals surface area contributed by atoms with Crippen molar-refractivity contribution in [3.05, 3.63) is 58.7 Å². The van der Waals surface area contributed by atoms with Crippen LogP contribution >= 0.6 is 0 Å². The summed E-state index contributed by atoms with van der Waals surface area (Å²) in [5, 5.41) is 20.5. The van der Waals surface area contributed by atoms with Crippen LogP contribution in [0.15, 0.2) is 36.4 Å². The molecule has 188 valence electrons. The van der Waals surface area contributed by atoms with E-state index in [-0.39, 0.29) is 41.5 Å². The maximum Gasteiger partial charge on any atom is 0.302 e. The van der Waals surface area contributed by atoms with Crippen molar-refractivity contribution >= 4 is 5.97 Å². The first kappa shape index (κ1) is 23.7. The Bertz CT molecular complexity index is 1300. The van der Waals surface area contributed by atoms with E-state index in [1.165, 1.54) is 21.1 Å². The first-order chi connectivity index (χ1) is 17.3. The summed E-state index contributed by atoms with van der Waals surface area (Å²) in [6.07, 6.45) is 1.04. The molecule has 2 atom stereocenters. The number of fused-ring (bicyclic) bond motifs is 4. The minimum atomic E-state index is -0.507. The molecule has 8 nitrogen and oxygen atoms in total. The van der Waals surface area contributed by atoms with Crippen LogP contribution in [0.25, 0.3) is 11.1 Å². The molecule has 8 heteroatoms. The molecule has 0 amide bonds. The van der Waals surface area contributed by atoms with Gasteiger partial charge in [0.25, 0.3) is 0 Å². The molecule has 0 saturated carbocycles. The highest BCUT2D eigenvalue weighted by Crippen LogP contribution is 2.52. The summed E-state index contributed by atoms with van der Waals surface area (Å²) in [5.41, 5.74) is 5.69. The molecule has 2 unspecified atom stereocenters. The average Bonchev–Trinajstić information content (AvgIpc) is 3.22. The quantitative estimate of drug-likeness (QED) is 0.479. The molecule has 3 aromatic rings. The molecule has 0 aromatic heterocycles. The van der Waals surface area contributed by atoms with Crippen LogP contribution in [-0.4, -0.2) is 44.1 Å². The normalized spacial score (nSPS) is 17.3. The number of methoxy groups -OCH3 is 3. The molecule has 2 N–H and O–H groups in total. The number of hydrogen-bond acceptors (Lipinski definition) is 8. The van der Waals surface area contributed by atoms with E-state index < -0.39 is 6.10 Å². The number of ether oxygens (including phenoxy) is 5. The summed E-state index contributed by atoms with van der Waals surface area (Å²) in [4.78, 5) is 11.7. The molecule has 0 saturated heterocycles. The summed E-state index contributed by atoms with van der Waals surface area (Å²) in [5.74, 6) is 1.19. The Labute approximate surface area is 209 Å². The van der Waals surface area contributed by atoms with Gasteiger partial charge in [-0.1, -0.05) is 0 Å². The molecule has 36 heavy (non-hydrogen) atoms. The van der Waals surface area contributed by atoms with Gasteiger partial charge in [0.15, 0.2) is 11.5 Å². The maximum absolute atomic E-state index is 11.7. The van der Waals surface area contributed by atoms with Gasteiger partial charge in [-0.3, -0.25) is 4.79 Å². The summed E-state index contributed by atoms with van der Waals surface area (Å²) in [6.45, 7) is 1.48. The number of esters is 1. The van der Waals surface area contributed by atoms with Crippen LogP contribution < -0.4 is 18.9 Å². The Morgan fingerprint density at radius 3 is 2.22 bits per heavy atom. The molecule has 0 spiro atoms. The SMILES string of the molecule is COc1cc(C2Oc3cc4c(cc3C2COC(C)=O)-c2c(cc(O)cc2OC)CC4)cc(OC)c1O. The van der Waals surface area contributed by atoms with E-state index in [2.05, 4.69) is 6.07 Å². The van der Waals surface area contributed by atoms with Gasteiger partial charge in [-0.25, -0.2) is 0 Å². The Hall–Kier alpha value is -4.07. The highest BCUT2D eigenvalue weighted by molar-refractivity contribution is 5.81. The Kier molecular flexibility index (Phi) is 6.04. The molecule has 0 radical (unpaired) electrons. The number of aromatic hydroxyl groups is 2. The Morgan fingerprint density at radius 2 is 1.58 bits per heavy atom. The lowest BCUT2D eigenvalue weighted by Crippen LogP contribution is -2.17. The Morgan fingerprint density at radius 1 is 0.917 bits per heavy atom. The second-order valence-corrected chi connectivity index (χ2v) is 8.95. The topological polar surface area (TPSA) is 104 Å². The second kappa shape index (κ2) is 9.18. The molecule has 5 rings (SSSR count). The van der Waals surface area contributed by atoms with Crippen LogP contribution in [0.4, 0.5) is 0 Å². The van der Waals surface area contributed by atoms with Crippen molar-refractivity contribution in [1.82, 2.24) is 0 Å². The van der Waals surface area contributed by atoms with Crippen molar-refractivity contribution in [2.75, 3.05) is 27.9 Å². The number of phenolic OH excluding ortho intramolecular Hbond substituents is 2. The molecular weight excluding hydrogens is 464 g/mol. The zero-order valence-electron chi connectivity index (χ0n) is 20.6. The van der Waals surface area contributed by atoms with Crippen LogP contribution in [0.2, 0.25) is 0 Å². The number of hydrogen-bond donors (Lipinski definition) is 2. The smallest absolute Gasteiger partial charge is 0.302 e. The third kappa shape index (κ3) is 3.92. The van der Waals surface area contributed by atoms with E-state index in [0.717, 1.165) is 46.2 Å². The van der Waals surface area contributed by atoms with Crippen molar-refractivity contribution in [2.45, 2.75) is 31.8 Å². The van der Waals surface area contributed by atoms with Gasteiger partial charge in [-0.05, 0) is 59.9 Å². The number of benzene rings is 3. The highest BCUT2D eigenvalue weighted by atomic mass is 16.5. The fraction of sp³-hybridized carbons (Fsp3) is 0.321. The van der Waals surface area contributed by atoms with Crippen molar-refractivity contribution < 1.29 is 38.7 Å². The molecule has 1 aliphatic carbocycles. The van der Waals surface area contributed by atoms with Gasteiger partial charge in [0.2, 0.25) is 5.75 Å². The largest absolute Gasteiger partial charge is 0.508 e. The third-order valence-corrected chi connectivity index (χ3v) is 6.87. The van der Waals surface area contributed by atoms with Crippen molar-refractivity contribution in [3.63, 3.8) is 0 Å². The van der Waals surface area contributed by atoms with Crippen molar-refractivity contribution in [3.8, 4) is 45.6 Å². The zero-order valence-corrected chi connectivity index (χ0v) is 20.6. The monoisotopic (exact) mass is 492 g/mol. The lowest BCUT2D eigenvalue weighted by Gasteiger charge is -2.24. The van der Waals surface area contributed by atoms with Gasteiger partial charge >= 0.3 is 5.97 Å². The predicted octanol–water partition coefficient (Wildman–Crippen LogP) is 4.67. The molecule has 1 heterocycles. The minimum absolute atomic E-state index is 0.0989. The van der Waals surface area contributed by atoms with Crippen molar-refractivity contribution in [1.29, 1.82) is 0 Å². The van der Waals surface area contributed by atoms with Gasteiger partial charge in [0.05, 0.1) is 27.2 Å². The summed E-state index contributed by atoms with van der Waals surface area (Å²) < 4.78 is 28.2. The van der Waals surface area contributed by atoms with Gasteiger partial charge in [0, 0.05) is 29.7 Å². The van der Waals surface area contributed by atoms with E-state index >= 15 is 0 Å². The third-order valence-electron chi connectivity index (χ3n) is 6.87. The standard InChI is InChI=1S/C28H28O8/c1-14(29)35-13-21-20-12-19-15(5-6-16-7-18(30)11-23(32-2)26(16)19)8-22(20)36-28(21)17-9-24(33-3)27(31)25(10-17)34-4/h7-12,21,28,30-31H,5-6,13H2,1-4H3. The van der Waals surface area contributed by atoms with Gasteiger partial charge < -0.3 is 33.9 Å². The van der Waals surface area contributed by atoms with E-state index in [1.54, 1.807) is 31.4 Å². The highest BCUT2D eigenvalue weighted by Gasteiger charge is 2.39. The predicted molar refractivity (Wildman–Crippen MR) is 131 cm³/mol. The number of carbonyl (C=O) groups excluding carboxylic acids is 1. The molecule has 0 fully saturated rings. The van der Waals surface area contributed by atoms with Crippen LogP contribution in [-0.2, 0) is 22.4 Å². The second-order valence-electron chi connectivity index (χ2n) is 8.95. The van der Waals surface area contributed by atoms with Crippen LogP contribution in [0, 0.1) is 0 Å². The van der Waals surface area contributed by atoms with Gasteiger partial charge in [-0.2, -0.15) is 0 Å². The Balaban J connectivity index is 1.64.